The number of benzene rings is 1. The summed E-state index contributed by atoms with van der Waals surface area (Å²) in [6.07, 6.45) is 7.55. The number of nitrogen functional groups attached to an aromatic ring is 1. The van der Waals surface area contributed by atoms with Crippen LogP contribution in [0.15, 0.2) is 82.9 Å². The van der Waals surface area contributed by atoms with Crippen molar-refractivity contribution in [2.45, 2.75) is 23.6 Å². The van der Waals surface area contributed by atoms with Crippen LogP contribution >= 0.6 is 11.8 Å². The fraction of sp³-hybridized carbons (Fsp3) is 0.217. The van der Waals surface area contributed by atoms with Gasteiger partial charge in [-0.3, -0.25) is 4.79 Å². The number of ether oxygens (including phenoxy) is 2. The van der Waals surface area contributed by atoms with Crippen LogP contribution in [0.3, 0.4) is 0 Å². The van der Waals surface area contributed by atoms with E-state index in [9.17, 15) is 4.79 Å². The highest BCUT2D eigenvalue weighted by molar-refractivity contribution is 7.99. The second-order valence-corrected chi connectivity index (χ2v) is 7.96. The van der Waals surface area contributed by atoms with Gasteiger partial charge >= 0.3 is 0 Å². The predicted octanol–water partition coefficient (Wildman–Crippen LogP) is 4.85. The van der Waals surface area contributed by atoms with Gasteiger partial charge in [-0.25, -0.2) is 4.98 Å². The number of aromatic nitrogens is 1. The number of carbonyl (C=O) groups excluding carboxylic acids is 1. The van der Waals surface area contributed by atoms with Crippen molar-refractivity contribution in [3.8, 4) is 0 Å². The van der Waals surface area contributed by atoms with Crippen LogP contribution in [0.4, 0.5) is 11.4 Å². The summed E-state index contributed by atoms with van der Waals surface area (Å²) in [5, 5.41) is 3.87. The standard InChI is InChI=1S/C23H25N3O3S/c1-15(30-23-20(24)8-5-13-25-23)16-6-4-7-17(14-16)26-22(27)19-11-9-18(28-2)10-12-21(19)29-3/h4-11,13-15H,12,24H2,1-3H3,(H,26,27). The summed E-state index contributed by atoms with van der Waals surface area (Å²) in [6.45, 7) is 2.08. The van der Waals surface area contributed by atoms with E-state index in [-0.39, 0.29) is 11.2 Å². The van der Waals surface area contributed by atoms with Crippen LogP contribution < -0.4 is 11.1 Å². The van der Waals surface area contributed by atoms with E-state index < -0.39 is 0 Å². The molecule has 0 aliphatic heterocycles. The molecule has 2 aromatic rings. The van der Waals surface area contributed by atoms with E-state index in [2.05, 4.69) is 17.2 Å². The van der Waals surface area contributed by atoms with Crippen molar-refractivity contribution >= 4 is 29.0 Å². The molecule has 1 aromatic heterocycles. The molecule has 0 radical (unpaired) electrons. The van der Waals surface area contributed by atoms with Crippen LogP contribution in [-0.4, -0.2) is 25.1 Å². The summed E-state index contributed by atoms with van der Waals surface area (Å²) in [5.74, 6) is 1.04. The smallest absolute Gasteiger partial charge is 0.259 e. The molecule has 1 heterocycles. The maximum atomic E-state index is 12.9. The van der Waals surface area contributed by atoms with E-state index in [1.807, 2.05) is 42.5 Å². The monoisotopic (exact) mass is 423 g/mol. The molecule has 156 valence electrons. The number of nitrogens with zero attached hydrogens (tertiary/aromatic N) is 1. The Labute approximate surface area is 180 Å². The lowest BCUT2D eigenvalue weighted by atomic mass is 10.1. The number of carbonyl (C=O) groups is 1. The summed E-state index contributed by atoms with van der Waals surface area (Å²) >= 11 is 1.58. The number of hydrogen-bond donors (Lipinski definition) is 2. The Kier molecular flexibility index (Phi) is 7.19. The summed E-state index contributed by atoms with van der Waals surface area (Å²) in [4.78, 5) is 17.2. The van der Waals surface area contributed by atoms with Crippen molar-refractivity contribution in [3.05, 3.63) is 83.5 Å². The number of nitrogens with one attached hydrogen (secondary N) is 1. The van der Waals surface area contributed by atoms with Gasteiger partial charge in [0.15, 0.2) is 0 Å². The Hall–Kier alpha value is -3.19. The van der Waals surface area contributed by atoms with Crippen molar-refractivity contribution in [2.75, 3.05) is 25.3 Å². The number of allylic oxidation sites excluding steroid dienone is 2. The molecule has 0 bridgehead atoms. The zero-order valence-corrected chi connectivity index (χ0v) is 18.0. The number of amides is 1. The molecule has 1 atom stereocenters. The van der Waals surface area contributed by atoms with Gasteiger partial charge in [0.25, 0.3) is 5.91 Å². The Bertz CT molecular complexity index is 1010. The third kappa shape index (κ3) is 5.24. The average molecular weight is 424 g/mol. The van der Waals surface area contributed by atoms with Crippen molar-refractivity contribution in [3.63, 3.8) is 0 Å². The number of anilines is 2. The minimum Gasteiger partial charge on any atom is -0.500 e. The lowest BCUT2D eigenvalue weighted by Gasteiger charge is -2.15. The molecule has 1 amide bonds. The summed E-state index contributed by atoms with van der Waals surface area (Å²) < 4.78 is 10.7. The first-order chi connectivity index (χ1) is 14.5. The van der Waals surface area contributed by atoms with Gasteiger partial charge in [0.2, 0.25) is 0 Å². The van der Waals surface area contributed by atoms with Crippen molar-refractivity contribution in [2.24, 2.45) is 0 Å². The van der Waals surface area contributed by atoms with Crippen molar-refractivity contribution in [1.29, 1.82) is 0 Å². The number of pyridine rings is 1. The molecule has 0 saturated carbocycles. The molecule has 6 nitrogen and oxygen atoms in total. The summed E-state index contributed by atoms with van der Waals surface area (Å²) in [7, 11) is 3.15. The molecule has 1 aliphatic rings. The van der Waals surface area contributed by atoms with E-state index in [0.717, 1.165) is 10.6 Å². The maximum Gasteiger partial charge on any atom is 0.259 e. The molecule has 0 saturated heterocycles. The van der Waals surface area contributed by atoms with Crippen LogP contribution in [0.25, 0.3) is 0 Å². The highest BCUT2D eigenvalue weighted by Gasteiger charge is 2.17. The molecular formula is C23H25N3O3S. The first-order valence-corrected chi connectivity index (χ1v) is 10.4. The third-order valence-electron chi connectivity index (χ3n) is 4.63. The average Bonchev–Trinajstić information content (AvgIpc) is 2.97. The van der Waals surface area contributed by atoms with Gasteiger partial charge in [0, 0.05) is 23.6 Å². The van der Waals surface area contributed by atoms with Crippen molar-refractivity contribution < 1.29 is 14.3 Å². The Morgan fingerprint density at radius 3 is 2.77 bits per heavy atom. The predicted molar refractivity (Wildman–Crippen MR) is 121 cm³/mol. The fourth-order valence-electron chi connectivity index (χ4n) is 2.98. The van der Waals surface area contributed by atoms with E-state index in [1.165, 1.54) is 0 Å². The lowest BCUT2D eigenvalue weighted by Crippen LogP contribution is -2.15. The van der Waals surface area contributed by atoms with Gasteiger partial charge in [0.05, 0.1) is 25.5 Å². The fourth-order valence-corrected chi connectivity index (χ4v) is 3.93. The van der Waals surface area contributed by atoms with Crippen LogP contribution in [0, 0.1) is 0 Å². The molecule has 1 aliphatic carbocycles. The SMILES string of the molecule is COC1=CCC(OC)=C(C(=O)Nc2cccc(C(C)Sc3ncccc3N)c2)C=C1. The van der Waals surface area contributed by atoms with Gasteiger partial charge < -0.3 is 20.5 Å². The molecular weight excluding hydrogens is 398 g/mol. The molecule has 0 fully saturated rings. The van der Waals surface area contributed by atoms with Gasteiger partial charge in [-0.15, -0.1) is 0 Å². The molecule has 3 rings (SSSR count). The second kappa shape index (κ2) is 10.0. The maximum absolute atomic E-state index is 12.9. The number of nitrogens with two attached hydrogens (primary N) is 1. The molecule has 30 heavy (non-hydrogen) atoms. The van der Waals surface area contributed by atoms with Crippen LogP contribution in [0.5, 0.6) is 0 Å². The van der Waals surface area contributed by atoms with E-state index in [1.54, 1.807) is 44.3 Å². The molecule has 1 unspecified atom stereocenters. The van der Waals surface area contributed by atoms with Crippen LogP contribution in [-0.2, 0) is 14.3 Å². The van der Waals surface area contributed by atoms with Gasteiger partial charge in [0.1, 0.15) is 16.5 Å². The molecule has 3 N–H and O–H groups in total. The van der Waals surface area contributed by atoms with Gasteiger partial charge in [-0.1, -0.05) is 23.9 Å². The highest BCUT2D eigenvalue weighted by atomic mass is 32.2. The summed E-state index contributed by atoms with van der Waals surface area (Å²) in [6, 6.07) is 11.4. The van der Waals surface area contributed by atoms with Crippen molar-refractivity contribution in [1.82, 2.24) is 4.98 Å². The summed E-state index contributed by atoms with van der Waals surface area (Å²) in [5.41, 5.74) is 8.90. The zero-order valence-electron chi connectivity index (χ0n) is 17.2. The topological polar surface area (TPSA) is 86.5 Å². The largest absolute Gasteiger partial charge is 0.500 e. The molecule has 7 heteroatoms. The van der Waals surface area contributed by atoms with E-state index >= 15 is 0 Å². The highest BCUT2D eigenvalue weighted by Crippen LogP contribution is 2.37. The molecule has 1 aromatic carbocycles. The minimum atomic E-state index is -0.236. The Morgan fingerprint density at radius 2 is 2.03 bits per heavy atom. The zero-order chi connectivity index (χ0) is 21.5. The second-order valence-electron chi connectivity index (χ2n) is 6.63. The number of methoxy groups -OCH3 is 2. The Balaban J connectivity index is 1.75. The van der Waals surface area contributed by atoms with Crippen LogP contribution in [0.1, 0.15) is 24.2 Å². The lowest BCUT2D eigenvalue weighted by molar-refractivity contribution is -0.112. The first-order valence-electron chi connectivity index (χ1n) is 9.49. The number of rotatable bonds is 7. The Morgan fingerprint density at radius 1 is 1.20 bits per heavy atom. The van der Waals surface area contributed by atoms with Gasteiger partial charge in [-0.2, -0.15) is 0 Å². The molecule has 0 spiro atoms. The normalized spacial score (nSPS) is 14.6. The third-order valence-corrected chi connectivity index (χ3v) is 5.82. The quantitative estimate of drug-likeness (QED) is 0.620. The first kappa shape index (κ1) is 21.5. The van der Waals surface area contributed by atoms with Crippen LogP contribution in [0.2, 0.25) is 0 Å². The van der Waals surface area contributed by atoms with E-state index in [0.29, 0.717) is 34.9 Å². The van der Waals surface area contributed by atoms with Gasteiger partial charge in [-0.05, 0) is 55.0 Å². The number of thioether (sulfide) groups is 1. The number of hydrogen-bond acceptors (Lipinski definition) is 6. The minimum absolute atomic E-state index is 0.110. The van der Waals surface area contributed by atoms with E-state index in [4.69, 9.17) is 15.2 Å².